The number of benzene rings is 2. The summed E-state index contributed by atoms with van der Waals surface area (Å²) in [6.45, 7) is 3.15. The number of esters is 1. The predicted octanol–water partition coefficient (Wildman–Crippen LogP) is 4.29. The van der Waals surface area contributed by atoms with E-state index < -0.39 is 22.9 Å². The number of hydrogen-bond donors (Lipinski definition) is 1. The van der Waals surface area contributed by atoms with Gasteiger partial charge in [-0.05, 0) is 32.0 Å². The van der Waals surface area contributed by atoms with Crippen LogP contribution in [0.3, 0.4) is 0 Å². The van der Waals surface area contributed by atoms with Crippen LogP contribution >= 0.6 is 11.6 Å². The number of rotatable bonds is 5. The Morgan fingerprint density at radius 2 is 1.93 bits per heavy atom. The Labute approximate surface area is 170 Å². The van der Waals surface area contributed by atoms with Gasteiger partial charge in [-0.25, -0.2) is 4.79 Å². The van der Waals surface area contributed by atoms with Crippen molar-refractivity contribution in [3.05, 3.63) is 74.9 Å². The lowest BCUT2D eigenvalue weighted by Crippen LogP contribution is -2.30. The quantitative estimate of drug-likeness (QED) is 0.379. The Morgan fingerprint density at radius 3 is 2.66 bits per heavy atom. The maximum atomic E-state index is 12.6. The summed E-state index contributed by atoms with van der Waals surface area (Å²) in [4.78, 5) is 39.7. The summed E-state index contributed by atoms with van der Waals surface area (Å²) in [5, 5.41) is 14.1. The van der Waals surface area contributed by atoms with Crippen LogP contribution in [0, 0.1) is 17.0 Å². The lowest BCUT2D eigenvalue weighted by molar-refractivity contribution is -0.384. The van der Waals surface area contributed by atoms with Crippen LogP contribution in [0.4, 0.5) is 11.4 Å². The van der Waals surface area contributed by atoms with Crippen molar-refractivity contribution in [3.63, 3.8) is 0 Å². The van der Waals surface area contributed by atoms with Crippen molar-refractivity contribution < 1.29 is 19.2 Å². The molecule has 2 aromatic carbocycles. The molecule has 29 heavy (non-hydrogen) atoms. The molecule has 3 aromatic rings. The average Bonchev–Trinajstić information content (AvgIpc) is 2.68. The number of aryl methyl sites for hydroxylation is 1. The molecule has 9 heteroatoms. The van der Waals surface area contributed by atoms with Gasteiger partial charge < -0.3 is 10.1 Å². The van der Waals surface area contributed by atoms with Crippen molar-refractivity contribution in [2.24, 2.45) is 0 Å². The minimum absolute atomic E-state index is 0.0546. The molecule has 8 nitrogen and oxygen atoms in total. The highest BCUT2D eigenvalue weighted by Gasteiger charge is 2.22. The van der Waals surface area contributed by atoms with Crippen LogP contribution in [0.2, 0.25) is 5.02 Å². The number of amides is 1. The number of nitrogens with zero attached hydrogens (tertiary/aromatic N) is 2. The fraction of sp³-hybridized carbons (Fsp3) is 0.150. The van der Waals surface area contributed by atoms with Gasteiger partial charge in [0, 0.05) is 23.2 Å². The van der Waals surface area contributed by atoms with Gasteiger partial charge in [-0.15, -0.1) is 0 Å². The number of ether oxygens (including phenoxy) is 1. The Balaban J connectivity index is 1.78. The van der Waals surface area contributed by atoms with Crippen LogP contribution in [-0.2, 0) is 9.53 Å². The molecule has 1 heterocycles. The Morgan fingerprint density at radius 1 is 1.21 bits per heavy atom. The minimum Gasteiger partial charge on any atom is -0.449 e. The molecule has 0 aliphatic heterocycles. The van der Waals surface area contributed by atoms with Gasteiger partial charge >= 0.3 is 5.97 Å². The Bertz CT molecular complexity index is 1130. The SMILES string of the molecule is Cc1cc(C(=O)O[C@@H](C)C(=O)Nc2cc([N+](=O)[O-])ccc2Cl)c2ccccc2n1. The average molecular weight is 414 g/mol. The normalized spacial score (nSPS) is 11.7. The summed E-state index contributed by atoms with van der Waals surface area (Å²) in [5.74, 6) is -1.35. The van der Waals surface area contributed by atoms with E-state index >= 15 is 0 Å². The number of halogens is 1. The molecule has 0 radical (unpaired) electrons. The van der Waals surface area contributed by atoms with Crippen molar-refractivity contribution >= 4 is 45.8 Å². The number of nitrogens with one attached hydrogen (secondary N) is 1. The molecule has 0 fully saturated rings. The van der Waals surface area contributed by atoms with Crippen molar-refractivity contribution in [3.8, 4) is 0 Å². The van der Waals surface area contributed by atoms with Crippen molar-refractivity contribution in [1.82, 2.24) is 4.98 Å². The second kappa shape index (κ2) is 8.24. The number of non-ortho nitro benzene ring substituents is 1. The number of nitro benzene ring substituents is 1. The molecule has 0 saturated heterocycles. The zero-order valence-electron chi connectivity index (χ0n) is 15.5. The largest absolute Gasteiger partial charge is 0.449 e. The number of anilines is 1. The van der Waals surface area contributed by atoms with E-state index in [9.17, 15) is 19.7 Å². The van der Waals surface area contributed by atoms with Crippen LogP contribution in [0.15, 0.2) is 48.5 Å². The van der Waals surface area contributed by atoms with Crippen molar-refractivity contribution in [2.75, 3.05) is 5.32 Å². The van der Waals surface area contributed by atoms with E-state index in [0.717, 1.165) is 6.07 Å². The summed E-state index contributed by atoms with van der Waals surface area (Å²) in [6.07, 6.45) is -1.16. The molecule has 1 atom stereocenters. The number of nitro groups is 1. The number of aromatic nitrogens is 1. The third-order valence-electron chi connectivity index (χ3n) is 4.14. The van der Waals surface area contributed by atoms with Crippen molar-refractivity contribution in [2.45, 2.75) is 20.0 Å². The highest BCUT2D eigenvalue weighted by Crippen LogP contribution is 2.27. The molecular formula is C20H16ClN3O5. The lowest BCUT2D eigenvalue weighted by atomic mass is 10.1. The summed E-state index contributed by atoms with van der Waals surface area (Å²) in [6, 6.07) is 12.3. The summed E-state index contributed by atoms with van der Waals surface area (Å²) >= 11 is 5.98. The van der Waals surface area contributed by atoms with E-state index in [-0.39, 0.29) is 16.4 Å². The van der Waals surface area contributed by atoms with Gasteiger partial charge in [0.1, 0.15) is 0 Å². The highest BCUT2D eigenvalue weighted by atomic mass is 35.5. The molecule has 1 amide bonds. The van der Waals surface area contributed by atoms with E-state index in [4.69, 9.17) is 16.3 Å². The lowest BCUT2D eigenvalue weighted by Gasteiger charge is -2.15. The molecule has 0 unspecified atom stereocenters. The van der Waals surface area contributed by atoms with Crippen LogP contribution in [0.25, 0.3) is 10.9 Å². The van der Waals surface area contributed by atoms with Gasteiger partial charge in [-0.2, -0.15) is 0 Å². The smallest absolute Gasteiger partial charge is 0.339 e. The standard InChI is InChI=1S/C20H16ClN3O5/c1-11-9-15(14-5-3-4-6-17(14)22-11)20(26)29-12(2)19(25)23-18-10-13(24(27)28)7-8-16(18)21/h3-10,12H,1-2H3,(H,23,25)/t12-/m0/s1. The van der Waals surface area contributed by atoms with Crippen LogP contribution in [0.1, 0.15) is 23.0 Å². The van der Waals surface area contributed by atoms with E-state index in [1.165, 1.54) is 19.1 Å². The fourth-order valence-corrected chi connectivity index (χ4v) is 2.88. The molecule has 1 aromatic heterocycles. The number of carbonyl (C=O) groups is 2. The number of fused-ring (bicyclic) bond motifs is 1. The molecule has 0 aliphatic rings. The number of para-hydroxylation sites is 1. The highest BCUT2D eigenvalue weighted by molar-refractivity contribution is 6.33. The Kier molecular flexibility index (Phi) is 5.74. The summed E-state index contributed by atoms with van der Waals surface area (Å²) in [7, 11) is 0. The number of pyridine rings is 1. The fourth-order valence-electron chi connectivity index (χ4n) is 2.71. The van der Waals surface area contributed by atoms with Crippen LogP contribution in [0.5, 0.6) is 0 Å². The maximum absolute atomic E-state index is 12.6. The molecule has 0 aliphatic carbocycles. The first kappa shape index (κ1) is 20.2. The van der Waals surface area contributed by atoms with Gasteiger partial charge in [0.25, 0.3) is 11.6 Å². The van der Waals surface area contributed by atoms with Crippen LogP contribution in [-0.4, -0.2) is 27.9 Å². The molecule has 3 rings (SSSR count). The van der Waals surface area contributed by atoms with Gasteiger partial charge in [0.15, 0.2) is 6.10 Å². The molecule has 0 bridgehead atoms. The van der Waals surface area contributed by atoms with E-state index in [1.54, 1.807) is 31.2 Å². The maximum Gasteiger partial charge on any atom is 0.339 e. The first-order valence-corrected chi connectivity index (χ1v) is 8.96. The molecule has 1 N–H and O–H groups in total. The third kappa shape index (κ3) is 4.49. The second-order valence-electron chi connectivity index (χ2n) is 6.29. The zero-order valence-corrected chi connectivity index (χ0v) is 16.3. The monoisotopic (exact) mass is 413 g/mol. The molecule has 0 saturated carbocycles. The Hall–Kier alpha value is -3.52. The van der Waals surface area contributed by atoms with E-state index in [0.29, 0.717) is 22.2 Å². The zero-order chi connectivity index (χ0) is 21.1. The summed E-state index contributed by atoms with van der Waals surface area (Å²) in [5.41, 5.74) is 1.39. The first-order chi connectivity index (χ1) is 13.8. The van der Waals surface area contributed by atoms with E-state index in [1.807, 2.05) is 6.07 Å². The molecule has 0 spiro atoms. The predicted molar refractivity (Wildman–Crippen MR) is 108 cm³/mol. The second-order valence-corrected chi connectivity index (χ2v) is 6.69. The number of hydrogen-bond acceptors (Lipinski definition) is 6. The van der Waals surface area contributed by atoms with Crippen LogP contribution < -0.4 is 5.32 Å². The number of carbonyl (C=O) groups excluding carboxylic acids is 2. The minimum atomic E-state index is -1.16. The topological polar surface area (TPSA) is 111 Å². The van der Waals surface area contributed by atoms with Gasteiger partial charge in [0.2, 0.25) is 0 Å². The van der Waals surface area contributed by atoms with Gasteiger partial charge in [-0.1, -0.05) is 29.8 Å². The van der Waals surface area contributed by atoms with E-state index in [2.05, 4.69) is 10.3 Å². The van der Waals surface area contributed by atoms with Crippen molar-refractivity contribution in [1.29, 1.82) is 0 Å². The molecule has 148 valence electrons. The molecular weight excluding hydrogens is 398 g/mol. The van der Waals surface area contributed by atoms with Gasteiger partial charge in [-0.3, -0.25) is 19.9 Å². The summed E-state index contributed by atoms with van der Waals surface area (Å²) < 4.78 is 5.30. The third-order valence-corrected chi connectivity index (χ3v) is 4.47. The van der Waals surface area contributed by atoms with Gasteiger partial charge in [0.05, 0.1) is 26.7 Å². The first-order valence-electron chi connectivity index (χ1n) is 8.58.